The van der Waals surface area contributed by atoms with Crippen LogP contribution in [0.2, 0.25) is 0 Å². The van der Waals surface area contributed by atoms with Gasteiger partial charge < -0.3 is 10.2 Å². The SMILES string of the molecule is CC1CCCN(C(=O)NC2C(C)(C)C2(C)C)C1. The molecule has 1 aliphatic carbocycles. The molecule has 2 fully saturated rings. The van der Waals surface area contributed by atoms with Crippen molar-refractivity contribution < 1.29 is 4.79 Å². The summed E-state index contributed by atoms with van der Waals surface area (Å²) < 4.78 is 0. The Balaban J connectivity index is 1.90. The predicted molar refractivity (Wildman–Crippen MR) is 69.9 cm³/mol. The molecule has 1 atom stereocenters. The van der Waals surface area contributed by atoms with Gasteiger partial charge in [0, 0.05) is 19.1 Å². The minimum absolute atomic E-state index is 0.139. The van der Waals surface area contributed by atoms with Gasteiger partial charge in [0.2, 0.25) is 0 Å². The molecule has 1 N–H and O–H groups in total. The number of amides is 2. The van der Waals surface area contributed by atoms with Crippen molar-refractivity contribution in [2.24, 2.45) is 16.7 Å². The van der Waals surface area contributed by atoms with Gasteiger partial charge in [-0.05, 0) is 29.6 Å². The molecule has 1 unspecified atom stereocenters. The molecule has 2 amide bonds. The van der Waals surface area contributed by atoms with Gasteiger partial charge in [-0.2, -0.15) is 0 Å². The molecule has 1 aliphatic heterocycles. The first kappa shape index (κ1) is 12.7. The van der Waals surface area contributed by atoms with Crippen LogP contribution in [0.15, 0.2) is 0 Å². The molecule has 0 bridgehead atoms. The normalized spacial score (nSPS) is 31.1. The highest BCUT2D eigenvalue weighted by Gasteiger charge is 2.65. The molecular formula is C14H26N2O. The zero-order chi connectivity index (χ0) is 12.8. The van der Waals surface area contributed by atoms with Crippen LogP contribution in [0.1, 0.15) is 47.5 Å². The Kier molecular flexibility index (Phi) is 2.91. The minimum atomic E-state index is 0.139. The van der Waals surface area contributed by atoms with Crippen molar-refractivity contribution >= 4 is 6.03 Å². The Morgan fingerprint density at radius 2 is 1.82 bits per heavy atom. The van der Waals surface area contributed by atoms with Gasteiger partial charge in [0.1, 0.15) is 0 Å². The molecule has 3 heteroatoms. The molecule has 2 rings (SSSR count). The van der Waals surface area contributed by atoms with E-state index in [0.717, 1.165) is 19.5 Å². The first-order valence-electron chi connectivity index (χ1n) is 6.82. The first-order chi connectivity index (χ1) is 7.76. The fraction of sp³-hybridized carbons (Fsp3) is 0.929. The quantitative estimate of drug-likeness (QED) is 0.748. The predicted octanol–water partition coefficient (Wildman–Crippen LogP) is 2.86. The first-order valence-corrected chi connectivity index (χ1v) is 6.82. The zero-order valence-electron chi connectivity index (χ0n) is 11.8. The Bertz CT molecular complexity index is 308. The number of likely N-dealkylation sites (tertiary alicyclic amines) is 1. The third-order valence-electron chi connectivity index (χ3n) is 5.23. The van der Waals surface area contributed by atoms with Crippen LogP contribution >= 0.6 is 0 Å². The lowest BCUT2D eigenvalue weighted by Crippen LogP contribution is -2.46. The summed E-state index contributed by atoms with van der Waals surface area (Å²) in [5.41, 5.74) is 0.453. The number of carbonyl (C=O) groups is 1. The number of carbonyl (C=O) groups excluding carboxylic acids is 1. The maximum absolute atomic E-state index is 12.2. The van der Waals surface area contributed by atoms with Crippen molar-refractivity contribution in [3.8, 4) is 0 Å². The molecule has 0 aromatic rings. The lowest BCUT2D eigenvalue weighted by atomic mass is 10.0. The van der Waals surface area contributed by atoms with Crippen LogP contribution in [0, 0.1) is 16.7 Å². The summed E-state index contributed by atoms with van der Waals surface area (Å²) in [6.07, 6.45) is 2.40. The van der Waals surface area contributed by atoms with Crippen LogP contribution in [0.4, 0.5) is 4.79 Å². The largest absolute Gasteiger partial charge is 0.334 e. The van der Waals surface area contributed by atoms with E-state index in [9.17, 15) is 4.79 Å². The molecule has 0 spiro atoms. The zero-order valence-corrected chi connectivity index (χ0v) is 11.8. The highest BCUT2D eigenvalue weighted by Crippen LogP contribution is 2.62. The van der Waals surface area contributed by atoms with Gasteiger partial charge in [-0.25, -0.2) is 4.79 Å². The number of rotatable bonds is 1. The van der Waals surface area contributed by atoms with Crippen molar-refractivity contribution in [1.82, 2.24) is 10.2 Å². The van der Waals surface area contributed by atoms with E-state index in [4.69, 9.17) is 0 Å². The summed E-state index contributed by atoms with van der Waals surface area (Å²) in [6, 6.07) is 0.458. The van der Waals surface area contributed by atoms with Gasteiger partial charge >= 0.3 is 6.03 Å². The van der Waals surface area contributed by atoms with E-state index in [1.807, 2.05) is 4.90 Å². The molecule has 1 saturated carbocycles. The van der Waals surface area contributed by atoms with Gasteiger partial charge in [-0.3, -0.25) is 0 Å². The summed E-state index contributed by atoms with van der Waals surface area (Å²) in [6.45, 7) is 13.0. The number of hydrogen-bond donors (Lipinski definition) is 1. The summed E-state index contributed by atoms with van der Waals surface area (Å²) in [7, 11) is 0. The van der Waals surface area contributed by atoms with E-state index in [1.54, 1.807) is 0 Å². The second kappa shape index (κ2) is 3.89. The molecule has 1 heterocycles. The highest BCUT2D eigenvalue weighted by atomic mass is 16.2. The van der Waals surface area contributed by atoms with Gasteiger partial charge in [0.15, 0.2) is 0 Å². The Morgan fingerprint density at radius 3 is 2.29 bits per heavy atom. The van der Waals surface area contributed by atoms with E-state index in [2.05, 4.69) is 39.9 Å². The summed E-state index contributed by atoms with van der Waals surface area (Å²) in [5.74, 6) is 0.648. The van der Waals surface area contributed by atoms with Gasteiger partial charge in [0.25, 0.3) is 0 Å². The Labute approximate surface area is 105 Å². The maximum Gasteiger partial charge on any atom is 0.317 e. The number of nitrogens with one attached hydrogen (secondary N) is 1. The van der Waals surface area contributed by atoms with E-state index < -0.39 is 0 Å². The Morgan fingerprint density at radius 1 is 1.24 bits per heavy atom. The molecule has 0 aromatic carbocycles. The lowest BCUT2D eigenvalue weighted by molar-refractivity contribution is 0.168. The van der Waals surface area contributed by atoms with Crippen LogP contribution in [0.3, 0.4) is 0 Å². The van der Waals surface area contributed by atoms with Crippen LogP contribution in [0.5, 0.6) is 0 Å². The second-order valence-corrected chi connectivity index (χ2v) is 7.02. The third-order valence-corrected chi connectivity index (χ3v) is 5.23. The second-order valence-electron chi connectivity index (χ2n) is 7.02. The number of urea groups is 1. The molecule has 2 aliphatic rings. The van der Waals surface area contributed by atoms with Crippen molar-refractivity contribution in [2.75, 3.05) is 13.1 Å². The highest BCUT2D eigenvalue weighted by molar-refractivity contribution is 5.75. The van der Waals surface area contributed by atoms with Crippen molar-refractivity contribution in [1.29, 1.82) is 0 Å². The van der Waals surface area contributed by atoms with E-state index >= 15 is 0 Å². The molecule has 3 nitrogen and oxygen atoms in total. The van der Waals surface area contributed by atoms with Crippen LogP contribution < -0.4 is 5.32 Å². The summed E-state index contributed by atoms with van der Waals surface area (Å²) in [4.78, 5) is 14.2. The maximum atomic E-state index is 12.2. The summed E-state index contributed by atoms with van der Waals surface area (Å²) >= 11 is 0. The summed E-state index contributed by atoms with van der Waals surface area (Å²) in [5, 5.41) is 3.21. The average Bonchev–Trinajstić information content (AvgIpc) is 2.61. The molecular weight excluding hydrogens is 212 g/mol. The smallest absolute Gasteiger partial charge is 0.317 e. The Hall–Kier alpha value is -0.730. The van der Waals surface area contributed by atoms with Crippen molar-refractivity contribution in [3.05, 3.63) is 0 Å². The average molecular weight is 238 g/mol. The van der Waals surface area contributed by atoms with Gasteiger partial charge in [-0.1, -0.05) is 34.6 Å². The van der Waals surface area contributed by atoms with Crippen molar-refractivity contribution in [3.63, 3.8) is 0 Å². The molecule has 17 heavy (non-hydrogen) atoms. The number of nitrogens with zero attached hydrogens (tertiary/aromatic N) is 1. The van der Waals surface area contributed by atoms with Crippen molar-refractivity contribution in [2.45, 2.75) is 53.5 Å². The standard InChI is InChI=1S/C14H26N2O/c1-10-7-6-8-16(9-10)12(17)15-11-13(2,3)14(11,4)5/h10-11H,6-9H2,1-5H3,(H,15,17). The van der Waals surface area contributed by atoms with Crippen LogP contribution in [0.25, 0.3) is 0 Å². The molecule has 1 saturated heterocycles. The van der Waals surface area contributed by atoms with E-state index in [-0.39, 0.29) is 16.9 Å². The van der Waals surface area contributed by atoms with Crippen LogP contribution in [-0.4, -0.2) is 30.1 Å². The number of hydrogen-bond acceptors (Lipinski definition) is 1. The lowest BCUT2D eigenvalue weighted by Gasteiger charge is -2.31. The third kappa shape index (κ3) is 2.04. The van der Waals surface area contributed by atoms with E-state index in [1.165, 1.54) is 6.42 Å². The van der Waals surface area contributed by atoms with E-state index in [0.29, 0.717) is 12.0 Å². The van der Waals surface area contributed by atoms with Gasteiger partial charge in [0.05, 0.1) is 0 Å². The molecule has 0 radical (unpaired) electrons. The molecule has 0 aromatic heterocycles. The van der Waals surface area contributed by atoms with Gasteiger partial charge in [-0.15, -0.1) is 0 Å². The monoisotopic (exact) mass is 238 g/mol. The minimum Gasteiger partial charge on any atom is -0.334 e. The number of piperidine rings is 1. The fourth-order valence-corrected chi connectivity index (χ4v) is 3.15. The molecule has 98 valence electrons. The van der Waals surface area contributed by atoms with Crippen LogP contribution in [-0.2, 0) is 0 Å². The topological polar surface area (TPSA) is 32.3 Å². The fourth-order valence-electron chi connectivity index (χ4n) is 3.15.